The molecule has 0 saturated heterocycles. The van der Waals surface area contributed by atoms with Crippen LogP contribution in [0.3, 0.4) is 0 Å². The van der Waals surface area contributed by atoms with E-state index in [1.807, 2.05) is 0 Å². The molecule has 0 radical (unpaired) electrons. The van der Waals surface area contributed by atoms with Gasteiger partial charge in [-0.1, -0.05) is 109 Å². The molecule has 2 nitrogen and oxygen atoms in total. The zero-order valence-corrected chi connectivity index (χ0v) is 26.2. The minimum Gasteiger partial charge on any atom is -0.344 e. The molecule has 0 fully saturated rings. The molecule has 0 aliphatic heterocycles. The molecule has 9 aromatic carbocycles. The molecule has 9 aromatic rings. The van der Waals surface area contributed by atoms with Gasteiger partial charge in [-0.3, -0.25) is 0 Å². The lowest BCUT2D eigenvalue weighted by atomic mass is 9.89. The Morgan fingerprint density at radius 3 is 1.43 bits per heavy atom. The Labute approximate surface area is 274 Å². The predicted molar refractivity (Wildman–Crippen MR) is 200 cm³/mol. The zero-order valence-electron chi connectivity index (χ0n) is 26.2. The van der Waals surface area contributed by atoms with Crippen LogP contribution in [0.4, 0.5) is 28.4 Å². The largest absolute Gasteiger partial charge is 0.344 e. The van der Waals surface area contributed by atoms with Gasteiger partial charge in [0.2, 0.25) is 0 Å². The van der Waals surface area contributed by atoms with E-state index in [2.05, 4.69) is 188 Å². The summed E-state index contributed by atoms with van der Waals surface area (Å²) >= 11 is 0. The van der Waals surface area contributed by atoms with Crippen LogP contribution in [-0.4, -0.2) is 7.05 Å². The highest BCUT2D eigenvalue weighted by atomic mass is 15.1. The molecule has 0 aliphatic rings. The number of rotatable bonds is 6. The van der Waals surface area contributed by atoms with E-state index in [-0.39, 0.29) is 0 Å². The molecule has 222 valence electrons. The van der Waals surface area contributed by atoms with E-state index in [0.717, 1.165) is 5.69 Å². The fourth-order valence-corrected chi connectivity index (χ4v) is 7.48. The molecule has 0 aromatic heterocycles. The highest BCUT2D eigenvalue weighted by Gasteiger charge is 2.19. The van der Waals surface area contributed by atoms with E-state index in [1.54, 1.807) is 0 Å². The van der Waals surface area contributed by atoms with Crippen LogP contribution in [0.25, 0.3) is 54.2 Å². The van der Waals surface area contributed by atoms with E-state index in [1.165, 1.54) is 81.9 Å². The molecule has 0 unspecified atom stereocenters. The van der Waals surface area contributed by atoms with Gasteiger partial charge in [0.1, 0.15) is 17.1 Å². The Morgan fingerprint density at radius 1 is 0.362 bits per heavy atom. The number of nitrogens with zero attached hydrogens (tertiary/aromatic N) is 1. The molecule has 0 atom stereocenters. The average molecular weight is 602 g/mol. The molecule has 0 amide bonds. The van der Waals surface area contributed by atoms with Gasteiger partial charge in [-0.05, 0) is 103 Å². The molecule has 2 heteroatoms. The summed E-state index contributed by atoms with van der Waals surface area (Å²) in [6.07, 6.45) is 0. The lowest BCUT2D eigenvalue weighted by Crippen LogP contribution is -2.96. The molecule has 0 saturated carbocycles. The molecular weight excluding hydrogens is 569 g/mol. The van der Waals surface area contributed by atoms with Crippen LogP contribution in [0, 0.1) is 0 Å². The van der Waals surface area contributed by atoms with Gasteiger partial charge >= 0.3 is 0 Å². The van der Waals surface area contributed by atoms with Crippen LogP contribution in [0.15, 0.2) is 176 Å². The number of anilines is 2. The van der Waals surface area contributed by atoms with Crippen molar-refractivity contribution in [2.75, 3.05) is 11.9 Å². The molecular formula is C45H33N2+. The molecule has 0 aliphatic carbocycles. The lowest BCUT2D eigenvalue weighted by Gasteiger charge is -2.24. The van der Waals surface area contributed by atoms with Gasteiger partial charge in [-0.25, -0.2) is 4.90 Å². The van der Waals surface area contributed by atoms with Gasteiger partial charge in [0.05, 0.1) is 0 Å². The van der Waals surface area contributed by atoms with Gasteiger partial charge < -0.3 is 4.90 Å². The first-order valence-corrected chi connectivity index (χ1v) is 16.3. The van der Waals surface area contributed by atoms with Crippen LogP contribution >= 0.6 is 0 Å². The van der Waals surface area contributed by atoms with Crippen LogP contribution in [0.5, 0.6) is 0 Å². The van der Waals surface area contributed by atoms with E-state index < -0.39 is 0 Å². The minimum absolute atomic E-state index is 1.16. The first-order chi connectivity index (χ1) is 23.2. The maximum atomic E-state index is 2.32. The fourth-order valence-electron chi connectivity index (χ4n) is 7.48. The van der Waals surface area contributed by atoms with Crippen LogP contribution < -0.4 is 9.80 Å². The lowest BCUT2D eigenvalue weighted by molar-refractivity contribution is -0.681. The summed E-state index contributed by atoms with van der Waals surface area (Å²) < 4.78 is 0. The molecule has 47 heavy (non-hydrogen) atoms. The third-order valence-corrected chi connectivity index (χ3v) is 9.75. The quantitative estimate of drug-likeness (QED) is 0.147. The number of hydrogen-bond acceptors (Lipinski definition) is 1. The van der Waals surface area contributed by atoms with E-state index in [9.17, 15) is 0 Å². The van der Waals surface area contributed by atoms with Gasteiger partial charge in [-0.2, -0.15) is 0 Å². The zero-order chi connectivity index (χ0) is 31.3. The van der Waals surface area contributed by atoms with Gasteiger partial charge in [0, 0.05) is 35.9 Å². The molecule has 0 spiro atoms. The van der Waals surface area contributed by atoms with Crippen molar-refractivity contribution >= 4 is 71.5 Å². The van der Waals surface area contributed by atoms with Crippen molar-refractivity contribution in [1.82, 2.24) is 0 Å². The van der Waals surface area contributed by atoms with Crippen molar-refractivity contribution in [2.45, 2.75) is 0 Å². The standard InChI is InChI=1S/C45H32N2/c1-46(43-30-29-41-39-18-9-12-33-11-8-17-38(44(33)39)40-19-10-20-42(43)45(40)41)34-25-21-31(22-26-34)32-23-27-37(28-24-32)47(35-13-4-2-5-14-35)36-15-6-3-7-16-36/h2-30H,1H3/p+1. The molecule has 9 rings (SSSR count). The van der Waals surface area contributed by atoms with E-state index in [4.69, 9.17) is 0 Å². The number of nitrogens with one attached hydrogen (secondary N) is 1. The topological polar surface area (TPSA) is 7.68 Å². The first-order valence-electron chi connectivity index (χ1n) is 16.3. The summed E-state index contributed by atoms with van der Waals surface area (Å²) in [5, 5.41) is 10.5. The average Bonchev–Trinajstić information content (AvgIpc) is 3.15. The SMILES string of the molecule is CN(c1ccc(-c2ccc([NH+](c3ccccc3)c3ccccc3)cc2)cc1)c1ccc2c3cccc4cccc(c5cccc1c52)c43. The highest BCUT2D eigenvalue weighted by Crippen LogP contribution is 2.43. The summed E-state index contributed by atoms with van der Waals surface area (Å²) in [7, 11) is 2.18. The predicted octanol–water partition coefficient (Wildman–Crippen LogP) is 11.4. The summed E-state index contributed by atoms with van der Waals surface area (Å²) in [4.78, 5) is 3.56. The molecule has 0 bridgehead atoms. The van der Waals surface area contributed by atoms with Crippen LogP contribution in [0.2, 0.25) is 0 Å². The highest BCUT2D eigenvalue weighted by molar-refractivity contribution is 6.34. The Morgan fingerprint density at radius 2 is 0.830 bits per heavy atom. The summed E-state index contributed by atoms with van der Waals surface area (Å²) in [5.74, 6) is 0. The van der Waals surface area contributed by atoms with E-state index >= 15 is 0 Å². The first kappa shape index (κ1) is 27.4. The minimum atomic E-state index is 1.16. The maximum absolute atomic E-state index is 2.32. The third-order valence-electron chi connectivity index (χ3n) is 9.75. The number of quaternary nitrogens is 1. The second-order valence-electron chi connectivity index (χ2n) is 12.4. The molecule has 1 N–H and O–H groups in total. The van der Waals surface area contributed by atoms with Gasteiger partial charge in [0.25, 0.3) is 0 Å². The number of para-hydroxylation sites is 2. The summed E-state index contributed by atoms with van der Waals surface area (Å²) in [6, 6.07) is 64.0. The van der Waals surface area contributed by atoms with Crippen LogP contribution in [0.1, 0.15) is 0 Å². The van der Waals surface area contributed by atoms with Crippen molar-refractivity contribution in [3.05, 3.63) is 176 Å². The Balaban J connectivity index is 1.06. The van der Waals surface area contributed by atoms with Gasteiger partial charge in [-0.15, -0.1) is 0 Å². The van der Waals surface area contributed by atoms with Crippen molar-refractivity contribution in [2.24, 2.45) is 0 Å². The smallest absolute Gasteiger partial charge is 0.141 e. The Bertz CT molecular complexity index is 2410. The number of fused-ring (bicyclic) bond motifs is 2. The second-order valence-corrected chi connectivity index (χ2v) is 12.4. The van der Waals surface area contributed by atoms with Crippen molar-refractivity contribution in [3.63, 3.8) is 0 Å². The van der Waals surface area contributed by atoms with Crippen molar-refractivity contribution in [3.8, 4) is 11.1 Å². The Kier molecular flexibility index (Phi) is 6.48. The maximum Gasteiger partial charge on any atom is 0.141 e. The number of hydrogen-bond donors (Lipinski definition) is 1. The monoisotopic (exact) mass is 601 g/mol. The van der Waals surface area contributed by atoms with E-state index in [0.29, 0.717) is 0 Å². The van der Waals surface area contributed by atoms with Gasteiger partial charge in [0.15, 0.2) is 0 Å². The Hall–Kier alpha value is -5.96. The summed E-state index contributed by atoms with van der Waals surface area (Å²) in [5.41, 5.74) is 8.43. The van der Waals surface area contributed by atoms with Crippen molar-refractivity contribution in [1.29, 1.82) is 0 Å². The third kappa shape index (κ3) is 4.53. The normalized spacial score (nSPS) is 11.7. The number of benzene rings is 9. The molecule has 0 heterocycles. The second kappa shape index (κ2) is 11.1. The summed E-state index contributed by atoms with van der Waals surface area (Å²) in [6.45, 7) is 0. The van der Waals surface area contributed by atoms with Crippen LogP contribution in [-0.2, 0) is 0 Å². The fraction of sp³-hybridized carbons (Fsp3) is 0.0222. The van der Waals surface area contributed by atoms with Crippen molar-refractivity contribution < 1.29 is 4.90 Å².